The van der Waals surface area contributed by atoms with Gasteiger partial charge in [-0.05, 0) is 59.8 Å². The molecular formula is C22H24N2O2. The molecule has 4 rings (SSSR count). The van der Waals surface area contributed by atoms with Gasteiger partial charge in [-0.2, -0.15) is 0 Å². The van der Waals surface area contributed by atoms with Crippen LogP contribution >= 0.6 is 0 Å². The van der Waals surface area contributed by atoms with Crippen molar-refractivity contribution in [1.82, 2.24) is 9.80 Å². The molecule has 2 aliphatic rings. The topological polar surface area (TPSA) is 40.6 Å². The van der Waals surface area contributed by atoms with Crippen LogP contribution in [0.5, 0.6) is 0 Å². The van der Waals surface area contributed by atoms with Gasteiger partial charge in [0.15, 0.2) is 12.6 Å². The van der Waals surface area contributed by atoms with E-state index in [0.717, 1.165) is 58.1 Å². The van der Waals surface area contributed by atoms with Gasteiger partial charge in [-0.3, -0.25) is 14.5 Å². The zero-order valence-corrected chi connectivity index (χ0v) is 15.2. The molecule has 0 bridgehead atoms. The minimum absolute atomic E-state index is 0.498. The molecule has 4 nitrogen and oxygen atoms in total. The normalized spacial score (nSPS) is 17.4. The molecule has 0 aliphatic carbocycles. The summed E-state index contributed by atoms with van der Waals surface area (Å²) in [6, 6.07) is 10.7. The van der Waals surface area contributed by atoms with Crippen LogP contribution in [0.15, 0.2) is 30.3 Å². The van der Waals surface area contributed by atoms with E-state index in [4.69, 9.17) is 0 Å². The molecule has 0 N–H and O–H groups in total. The number of nitrogens with zero attached hydrogens (tertiary/aromatic N) is 2. The molecular weight excluding hydrogens is 324 g/mol. The number of carbonyl (C=O) groups is 2. The largest absolute Gasteiger partial charge is 0.302 e. The summed E-state index contributed by atoms with van der Waals surface area (Å²) in [7, 11) is 2.18. The van der Waals surface area contributed by atoms with Crippen LogP contribution < -0.4 is 0 Å². The lowest BCUT2D eigenvalue weighted by atomic mass is 9.93. The van der Waals surface area contributed by atoms with Gasteiger partial charge in [0.1, 0.15) is 0 Å². The molecule has 0 saturated heterocycles. The fourth-order valence-corrected chi connectivity index (χ4v) is 4.15. The average molecular weight is 348 g/mol. The van der Waals surface area contributed by atoms with Crippen molar-refractivity contribution >= 4 is 12.6 Å². The van der Waals surface area contributed by atoms with Gasteiger partial charge in [-0.1, -0.05) is 18.2 Å². The fourth-order valence-electron chi connectivity index (χ4n) is 4.15. The number of carbonyl (C=O) groups excluding carboxylic acids is 2. The summed E-state index contributed by atoms with van der Waals surface area (Å²) in [6.07, 6.45) is 3.61. The zero-order chi connectivity index (χ0) is 18.1. The third kappa shape index (κ3) is 3.35. The first kappa shape index (κ1) is 17.1. The molecule has 2 heterocycles. The van der Waals surface area contributed by atoms with Crippen LogP contribution in [-0.2, 0) is 32.5 Å². The third-order valence-electron chi connectivity index (χ3n) is 5.63. The van der Waals surface area contributed by atoms with Gasteiger partial charge in [0.05, 0.1) is 0 Å². The van der Waals surface area contributed by atoms with Crippen molar-refractivity contribution in [3.05, 3.63) is 69.3 Å². The molecule has 0 fully saturated rings. The van der Waals surface area contributed by atoms with E-state index in [1.54, 1.807) is 0 Å². The van der Waals surface area contributed by atoms with E-state index in [1.165, 1.54) is 27.8 Å². The van der Waals surface area contributed by atoms with Crippen LogP contribution in [-0.4, -0.2) is 42.5 Å². The molecule has 4 heteroatoms. The Balaban J connectivity index is 1.52. The van der Waals surface area contributed by atoms with E-state index >= 15 is 0 Å². The van der Waals surface area contributed by atoms with Gasteiger partial charge in [0.2, 0.25) is 0 Å². The molecule has 2 aromatic rings. The van der Waals surface area contributed by atoms with Crippen molar-refractivity contribution in [3.8, 4) is 0 Å². The fraction of sp³-hybridized carbons (Fsp3) is 0.364. The highest BCUT2D eigenvalue weighted by atomic mass is 16.1. The number of likely N-dealkylation sites (N-methyl/N-ethyl adjacent to an activating group) is 1. The summed E-state index contributed by atoms with van der Waals surface area (Å²) in [6.45, 7) is 4.89. The maximum Gasteiger partial charge on any atom is 0.150 e. The molecule has 0 aromatic heterocycles. The highest BCUT2D eigenvalue weighted by Gasteiger charge is 2.19. The molecule has 2 aliphatic heterocycles. The highest BCUT2D eigenvalue weighted by molar-refractivity contribution is 5.90. The second-order valence-corrected chi connectivity index (χ2v) is 7.54. The van der Waals surface area contributed by atoms with Gasteiger partial charge in [-0.25, -0.2) is 0 Å². The molecule has 26 heavy (non-hydrogen) atoms. The van der Waals surface area contributed by atoms with Crippen molar-refractivity contribution in [2.45, 2.75) is 32.5 Å². The maximum atomic E-state index is 11.2. The van der Waals surface area contributed by atoms with Gasteiger partial charge in [-0.15, -0.1) is 0 Å². The number of benzene rings is 2. The summed E-state index contributed by atoms with van der Waals surface area (Å²) in [5, 5.41) is 0. The quantitative estimate of drug-likeness (QED) is 0.797. The predicted molar refractivity (Wildman–Crippen MR) is 102 cm³/mol. The van der Waals surface area contributed by atoms with Crippen molar-refractivity contribution in [3.63, 3.8) is 0 Å². The first-order valence-electron chi connectivity index (χ1n) is 9.24. The molecule has 0 spiro atoms. The third-order valence-corrected chi connectivity index (χ3v) is 5.63. The van der Waals surface area contributed by atoms with Crippen LogP contribution in [0, 0.1) is 0 Å². The Morgan fingerprint density at radius 2 is 1.54 bits per heavy atom. The monoisotopic (exact) mass is 348 g/mol. The molecule has 0 amide bonds. The second-order valence-electron chi connectivity index (χ2n) is 7.54. The number of hydrogen-bond donors (Lipinski definition) is 0. The lowest BCUT2D eigenvalue weighted by molar-refractivity contribution is 0.109. The lowest BCUT2D eigenvalue weighted by Gasteiger charge is -2.30. The van der Waals surface area contributed by atoms with Crippen molar-refractivity contribution < 1.29 is 9.59 Å². The zero-order valence-electron chi connectivity index (χ0n) is 15.2. The first-order chi connectivity index (χ1) is 12.7. The minimum Gasteiger partial charge on any atom is -0.302 e. The number of rotatable bonds is 4. The van der Waals surface area contributed by atoms with Crippen molar-refractivity contribution in [1.29, 1.82) is 0 Å². The maximum absolute atomic E-state index is 11.2. The molecule has 0 atom stereocenters. The van der Waals surface area contributed by atoms with E-state index in [2.05, 4.69) is 35.0 Å². The van der Waals surface area contributed by atoms with Gasteiger partial charge >= 0.3 is 0 Å². The Morgan fingerprint density at radius 1 is 0.846 bits per heavy atom. The summed E-state index contributed by atoms with van der Waals surface area (Å²) in [5.41, 5.74) is 7.65. The summed E-state index contributed by atoms with van der Waals surface area (Å²) in [5.74, 6) is 0. The smallest absolute Gasteiger partial charge is 0.150 e. The van der Waals surface area contributed by atoms with Gasteiger partial charge < -0.3 is 4.90 Å². The SMILES string of the molecule is CN1CCc2ccc(CN3CCc4cc(C=O)c(C=O)cc4C3)cc2C1. The van der Waals surface area contributed by atoms with E-state index in [9.17, 15) is 9.59 Å². The van der Waals surface area contributed by atoms with E-state index in [-0.39, 0.29) is 0 Å². The Bertz CT molecular complexity index is 859. The predicted octanol–water partition coefficient (Wildman–Crippen LogP) is 2.86. The van der Waals surface area contributed by atoms with Crippen molar-refractivity contribution in [2.24, 2.45) is 0 Å². The molecule has 0 unspecified atom stereocenters. The molecule has 0 saturated carbocycles. The highest BCUT2D eigenvalue weighted by Crippen LogP contribution is 2.25. The second kappa shape index (κ2) is 7.14. The van der Waals surface area contributed by atoms with Crippen LogP contribution in [0.4, 0.5) is 0 Å². The number of aldehydes is 2. The van der Waals surface area contributed by atoms with E-state index in [1.807, 2.05) is 12.1 Å². The Hall–Kier alpha value is -2.30. The van der Waals surface area contributed by atoms with Crippen LogP contribution in [0.1, 0.15) is 48.5 Å². The molecule has 2 aromatic carbocycles. The standard InChI is InChI=1S/C22H24N2O2/c1-23-6-4-17-3-2-16(8-19(17)12-23)11-24-7-5-18-9-21(14-25)22(15-26)10-20(18)13-24/h2-3,8-10,14-15H,4-7,11-13H2,1H3. The van der Waals surface area contributed by atoms with E-state index in [0.29, 0.717) is 11.1 Å². The molecule has 134 valence electrons. The summed E-state index contributed by atoms with van der Waals surface area (Å²) in [4.78, 5) is 27.2. The summed E-state index contributed by atoms with van der Waals surface area (Å²) < 4.78 is 0. The van der Waals surface area contributed by atoms with E-state index < -0.39 is 0 Å². The molecule has 0 radical (unpaired) electrons. The minimum atomic E-state index is 0.498. The van der Waals surface area contributed by atoms with Gasteiger partial charge in [0.25, 0.3) is 0 Å². The Kier molecular flexibility index (Phi) is 4.70. The van der Waals surface area contributed by atoms with Crippen LogP contribution in [0.2, 0.25) is 0 Å². The average Bonchev–Trinajstić information content (AvgIpc) is 2.66. The van der Waals surface area contributed by atoms with Crippen LogP contribution in [0.25, 0.3) is 0 Å². The Morgan fingerprint density at radius 3 is 2.31 bits per heavy atom. The van der Waals surface area contributed by atoms with Gasteiger partial charge in [0, 0.05) is 43.9 Å². The number of fused-ring (bicyclic) bond motifs is 2. The van der Waals surface area contributed by atoms with Crippen LogP contribution in [0.3, 0.4) is 0 Å². The first-order valence-corrected chi connectivity index (χ1v) is 9.24. The lowest BCUT2D eigenvalue weighted by Crippen LogP contribution is -2.31. The number of hydrogen-bond acceptors (Lipinski definition) is 4. The van der Waals surface area contributed by atoms with Crippen molar-refractivity contribution in [2.75, 3.05) is 20.1 Å². The summed E-state index contributed by atoms with van der Waals surface area (Å²) >= 11 is 0. The Labute approximate surface area is 154 Å².